The van der Waals surface area contributed by atoms with Gasteiger partial charge in [-0.2, -0.15) is 0 Å². The molecule has 0 spiro atoms. The summed E-state index contributed by atoms with van der Waals surface area (Å²) in [4.78, 5) is 15.7. The van der Waals surface area contributed by atoms with Gasteiger partial charge in [-0.3, -0.25) is 9.69 Å². The Balaban J connectivity index is 1.39. The highest BCUT2D eigenvalue weighted by atomic mass is 32.2. The zero-order chi connectivity index (χ0) is 21.6. The minimum atomic E-state index is -0.131. The van der Waals surface area contributed by atoms with Crippen LogP contribution in [0.4, 0.5) is 0 Å². The number of aliphatic hydroxyl groups excluding tert-OH is 1. The van der Waals surface area contributed by atoms with Crippen LogP contribution in [-0.4, -0.2) is 40.9 Å². The molecule has 0 saturated carbocycles. The van der Waals surface area contributed by atoms with E-state index in [1.165, 1.54) is 11.1 Å². The van der Waals surface area contributed by atoms with Crippen LogP contribution in [0.5, 0.6) is 0 Å². The molecule has 2 N–H and O–H groups in total. The quantitative estimate of drug-likeness (QED) is 0.647. The van der Waals surface area contributed by atoms with Crippen LogP contribution in [0.2, 0.25) is 0 Å². The van der Waals surface area contributed by atoms with Gasteiger partial charge in [-0.15, -0.1) is 11.8 Å². The zero-order valence-electron chi connectivity index (χ0n) is 18.4. The SMILES string of the molecule is CC(C)(C)c1ccc(SCC(=O)NCc2ccc(CN3CCC(O)CC3)cc2)cc1. The molecule has 2 aromatic carbocycles. The Morgan fingerprint density at radius 1 is 1.03 bits per heavy atom. The molecule has 5 heteroatoms. The van der Waals surface area contributed by atoms with Crippen LogP contribution in [0.1, 0.15) is 50.3 Å². The molecule has 30 heavy (non-hydrogen) atoms. The van der Waals surface area contributed by atoms with Gasteiger partial charge in [0.05, 0.1) is 11.9 Å². The van der Waals surface area contributed by atoms with E-state index in [1.807, 2.05) is 0 Å². The van der Waals surface area contributed by atoms with E-state index in [9.17, 15) is 9.90 Å². The van der Waals surface area contributed by atoms with Crippen molar-refractivity contribution in [2.24, 2.45) is 0 Å². The molecule has 1 heterocycles. The summed E-state index contributed by atoms with van der Waals surface area (Å²) in [6.07, 6.45) is 1.60. The van der Waals surface area contributed by atoms with Crippen LogP contribution in [-0.2, 0) is 23.3 Å². The first-order chi connectivity index (χ1) is 14.3. The Bertz CT molecular complexity index is 805. The van der Waals surface area contributed by atoms with Crippen molar-refractivity contribution in [1.82, 2.24) is 10.2 Å². The third-order valence-corrected chi connectivity index (χ3v) is 6.58. The number of rotatable bonds is 7. The van der Waals surface area contributed by atoms with Gasteiger partial charge >= 0.3 is 0 Å². The number of piperidine rings is 1. The third-order valence-electron chi connectivity index (χ3n) is 5.57. The third kappa shape index (κ3) is 7.15. The van der Waals surface area contributed by atoms with Gasteiger partial charge in [0.2, 0.25) is 5.91 Å². The first kappa shape index (κ1) is 22.9. The molecule has 1 amide bonds. The van der Waals surface area contributed by atoms with E-state index < -0.39 is 0 Å². The van der Waals surface area contributed by atoms with Crippen molar-refractivity contribution in [1.29, 1.82) is 0 Å². The van der Waals surface area contributed by atoms with Gasteiger partial charge in [-0.05, 0) is 47.1 Å². The number of likely N-dealkylation sites (tertiary alicyclic amines) is 1. The fraction of sp³-hybridized carbons (Fsp3) is 0.480. The number of carbonyl (C=O) groups excluding carboxylic acids is 1. The molecule has 4 nitrogen and oxygen atoms in total. The van der Waals surface area contributed by atoms with Gasteiger partial charge in [0.25, 0.3) is 0 Å². The van der Waals surface area contributed by atoms with Crippen LogP contribution in [0, 0.1) is 0 Å². The Morgan fingerprint density at radius 2 is 1.63 bits per heavy atom. The second kappa shape index (κ2) is 10.5. The molecule has 0 radical (unpaired) electrons. The molecule has 0 atom stereocenters. The largest absolute Gasteiger partial charge is 0.393 e. The summed E-state index contributed by atoms with van der Waals surface area (Å²) in [5.41, 5.74) is 3.83. The molecule has 1 aliphatic rings. The average Bonchev–Trinajstić information content (AvgIpc) is 2.73. The number of hydrogen-bond acceptors (Lipinski definition) is 4. The molecule has 2 aromatic rings. The summed E-state index contributed by atoms with van der Waals surface area (Å²) >= 11 is 1.57. The van der Waals surface area contributed by atoms with Crippen LogP contribution in [0.3, 0.4) is 0 Å². The van der Waals surface area contributed by atoms with Gasteiger partial charge < -0.3 is 10.4 Å². The number of benzene rings is 2. The molecular formula is C25H34N2O2S. The summed E-state index contributed by atoms with van der Waals surface area (Å²) in [6.45, 7) is 9.99. The predicted molar refractivity (Wildman–Crippen MR) is 125 cm³/mol. The molecule has 1 fully saturated rings. The summed E-state index contributed by atoms with van der Waals surface area (Å²) < 4.78 is 0. The molecule has 1 aliphatic heterocycles. The number of thioether (sulfide) groups is 1. The van der Waals surface area contributed by atoms with Crippen LogP contribution in [0.15, 0.2) is 53.4 Å². The maximum atomic E-state index is 12.2. The normalized spacial score (nSPS) is 15.9. The number of aliphatic hydroxyl groups is 1. The highest BCUT2D eigenvalue weighted by Crippen LogP contribution is 2.25. The lowest BCUT2D eigenvalue weighted by Gasteiger charge is -2.29. The van der Waals surface area contributed by atoms with Crippen molar-refractivity contribution in [2.45, 2.75) is 63.1 Å². The highest BCUT2D eigenvalue weighted by molar-refractivity contribution is 8.00. The minimum absolute atomic E-state index is 0.0517. The second-order valence-corrected chi connectivity index (χ2v) is 10.2. The molecule has 162 valence electrons. The van der Waals surface area contributed by atoms with Crippen molar-refractivity contribution < 1.29 is 9.90 Å². The maximum Gasteiger partial charge on any atom is 0.230 e. The maximum absolute atomic E-state index is 12.2. The monoisotopic (exact) mass is 426 g/mol. The van der Waals surface area contributed by atoms with E-state index in [0.717, 1.165) is 42.9 Å². The number of nitrogens with one attached hydrogen (secondary N) is 1. The predicted octanol–water partition coefficient (Wildman–Crippen LogP) is 4.35. The Labute approximate surface area is 185 Å². The smallest absolute Gasteiger partial charge is 0.230 e. The lowest BCUT2D eigenvalue weighted by Crippen LogP contribution is -2.35. The summed E-state index contributed by atoms with van der Waals surface area (Å²) in [5.74, 6) is 0.476. The van der Waals surface area contributed by atoms with Crippen molar-refractivity contribution in [2.75, 3.05) is 18.8 Å². The van der Waals surface area contributed by atoms with Crippen LogP contribution >= 0.6 is 11.8 Å². The molecule has 0 bridgehead atoms. The fourth-order valence-electron chi connectivity index (χ4n) is 3.55. The summed E-state index contributed by atoms with van der Waals surface area (Å²) in [5, 5.41) is 12.6. The number of carbonyl (C=O) groups is 1. The minimum Gasteiger partial charge on any atom is -0.393 e. The first-order valence-electron chi connectivity index (χ1n) is 10.8. The van der Waals surface area contributed by atoms with Gasteiger partial charge in [-0.1, -0.05) is 57.2 Å². The zero-order valence-corrected chi connectivity index (χ0v) is 19.2. The topological polar surface area (TPSA) is 52.6 Å². The van der Waals surface area contributed by atoms with E-state index in [4.69, 9.17) is 0 Å². The molecule has 1 saturated heterocycles. The van der Waals surface area contributed by atoms with Crippen molar-refractivity contribution >= 4 is 17.7 Å². The molecule has 0 aromatic heterocycles. The van der Waals surface area contributed by atoms with Gasteiger partial charge in [0, 0.05) is 31.1 Å². The second-order valence-electron chi connectivity index (χ2n) is 9.16. The highest BCUT2D eigenvalue weighted by Gasteiger charge is 2.17. The fourth-order valence-corrected chi connectivity index (χ4v) is 4.28. The Kier molecular flexibility index (Phi) is 7.98. The molecule has 3 rings (SSSR count). The van der Waals surface area contributed by atoms with Gasteiger partial charge in [0.15, 0.2) is 0 Å². The van der Waals surface area contributed by atoms with E-state index in [0.29, 0.717) is 12.3 Å². The average molecular weight is 427 g/mol. The van der Waals surface area contributed by atoms with E-state index in [1.54, 1.807) is 11.8 Å². The van der Waals surface area contributed by atoms with E-state index in [-0.39, 0.29) is 17.4 Å². The number of nitrogens with zero attached hydrogens (tertiary/aromatic N) is 1. The van der Waals surface area contributed by atoms with Crippen molar-refractivity contribution in [3.8, 4) is 0 Å². The van der Waals surface area contributed by atoms with Crippen molar-refractivity contribution in [3.63, 3.8) is 0 Å². The number of amides is 1. The molecular weight excluding hydrogens is 392 g/mol. The van der Waals surface area contributed by atoms with Gasteiger partial charge in [0.1, 0.15) is 0 Å². The standard InChI is InChI=1S/C25H34N2O2S/c1-25(2,3)21-8-10-23(11-9-21)30-18-24(29)26-16-19-4-6-20(7-5-19)17-27-14-12-22(28)13-15-27/h4-11,22,28H,12-18H2,1-3H3,(H,26,29). The van der Waals surface area contributed by atoms with Crippen LogP contribution < -0.4 is 5.32 Å². The Hall–Kier alpha value is -1.82. The summed E-state index contributed by atoms with van der Waals surface area (Å²) in [7, 11) is 0. The van der Waals surface area contributed by atoms with E-state index >= 15 is 0 Å². The van der Waals surface area contributed by atoms with Crippen LogP contribution in [0.25, 0.3) is 0 Å². The lowest BCUT2D eigenvalue weighted by molar-refractivity contribution is -0.118. The summed E-state index contributed by atoms with van der Waals surface area (Å²) in [6, 6.07) is 16.9. The lowest BCUT2D eigenvalue weighted by atomic mass is 9.87. The Morgan fingerprint density at radius 3 is 2.23 bits per heavy atom. The first-order valence-corrected chi connectivity index (χ1v) is 11.8. The molecule has 0 aliphatic carbocycles. The molecule has 0 unspecified atom stereocenters. The van der Waals surface area contributed by atoms with Crippen molar-refractivity contribution in [3.05, 3.63) is 65.2 Å². The van der Waals surface area contributed by atoms with E-state index in [2.05, 4.69) is 79.5 Å². The van der Waals surface area contributed by atoms with Gasteiger partial charge in [-0.25, -0.2) is 0 Å². The number of hydrogen-bond donors (Lipinski definition) is 2.